The Kier molecular flexibility index (Phi) is 4.71. The Labute approximate surface area is 74.7 Å². The lowest BCUT2D eigenvalue weighted by atomic mass is 10.0. The molecule has 0 unspecified atom stereocenters. The average molecular weight is 197 g/mol. The van der Waals surface area contributed by atoms with Gasteiger partial charge in [-0.15, -0.1) is 0 Å². The van der Waals surface area contributed by atoms with Crippen LogP contribution in [-0.4, -0.2) is 67.9 Å². The van der Waals surface area contributed by atoms with Crippen LogP contribution in [0.15, 0.2) is 0 Å². The molecule has 0 amide bonds. The fraction of sp³-hybridized carbons (Fsp3) is 1.00. The highest BCUT2D eigenvalue weighted by atomic mass is 16.5. The Morgan fingerprint density at radius 2 is 1.62 bits per heavy atom. The Morgan fingerprint density at radius 1 is 1.15 bits per heavy atom. The molecule has 0 aromatic rings. The highest BCUT2D eigenvalue weighted by Crippen LogP contribution is 2.12. The monoisotopic (exact) mass is 197 g/mol. The van der Waals surface area contributed by atoms with Crippen LogP contribution in [0.1, 0.15) is 0 Å². The third-order valence-electron chi connectivity index (χ3n) is 1.67. The molecule has 0 spiro atoms. The molecular formula is C6H15NO6. The van der Waals surface area contributed by atoms with Gasteiger partial charge in [0.2, 0.25) is 5.79 Å². The molecule has 0 aliphatic heterocycles. The largest absolute Gasteiger partial charge is 0.391 e. The molecule has 8 N–H and O–H groups in total. The van der Waals surface area contributed by atoms with Gasteiger partial charge in [0.25, 0.3) is 0 Å². The van der Waals surface area contributed by atoms with E-state index in [2.05, 4.69) is 0 Å². The van der Waals surface area contributed by atoms with E-state index in [9.17, 15) is 0 Å². The molecule has 0 aromatic carbocycles. The SMILES string of the molecule is NC[C@H](O)[C@@H](O)[C@H](O)C(O)(O)CO. The normalized spacial score (nSPS) is 19.6. The maximum Gasteiger partial charge on any atom is 0.216 e. The van der Waals surface area contributed by atoms with Gasteiger partial charge < -0.3 is 36.4 Å². The van der Waals surface area contributed by atoms with Gasteiger partial charge in [-0.1, -0.05) is 0 Å². The lowest BCUT2D eigenvalue weighted by molar-refractivity contribution is -0.270. The molecule has 7 nitrogen and oxygen atoms in total. The summed E-state index contributed by atoms with van der Waals surface area (Å²) in [4.78, 5) is 0. The zero-order valence-corrected chi connectivity index (χ0v) is 6.91. The summed E-state index contributed by atoms with van der Waals surface area (Å²) < 4.78 is 0. The van der Waals surface area contributed by atoms with Gasteiger partial charge in [-0.3, -0.25) is 0 Å². The number of aliphatic hydroxyl groups is 6. The van der Waals surface area contributed by atoms with E-state index in [1.165, 1.54) is 0 Å². The molecule has 0 saturated carbocycles. The highest BCUT2D eigenvalue weighted by molar-refractivity contribution is 4.85. The van der Waals surface area contributed by atoms with Crippen LogP contribution in [-0.2, 0) is 0 Å². The van der Waals surface area contributed by atoms with E-state index < -0.39 is 30.7 Å². The van der Waals surface area contributed by atoms with Crippen LogP contribution in [0.5, 0.6) is 0 Å². The van der Waals surface area contributed by atoms with Gasteiger partial charge in [-0.05, 0) is 0 Å². The zero-order valence-electron chi connectivity index (χ0n) is 6.91. The quantitative estimate of drug-likeness (QED) is 0.220. The smallest absolute Gasteiger partial charge is 0.216 e. The van der Waals surface area contributed by atoms with Gasteiger partial charge >= 0.3 is 0 Å². The Hall–Kier alpha value is -0.280. The van der Waals surface area contributed by atoms with Crippen LogP contribution in [0.2, 0.25) is 0 Å². The van der Waals surface area contributed by atoms with Crippen molar-refractivity contribution in [3.63, 3.8) is 0 Å². The topological polar surface area (TPSA) is 147 Å². The third-order valence-corrected chi connectivity index (χ3v) is 1.67. The van der Waals surface area contributed by atoms with Crippen LogP contribution < -0.4 is 5.73 Å². The van der Waals surface area contributed by atoms with Crippen LogP contribution in [0.25, 0.3) is 0 Å². The van der Waals surface area contributed by atoms with Gasteiger partial charge in [-0.25, -0.2) is 0 Å². The van der Waals surface area contributed by atoms with Crippen molar-refractivity contribution in [2.75, 3.05) is 13.2 Å². The van der Waals surface area contributed by atoms with E-state index >= 15 is 0 Å². The fourth-order valence-electron chi connectivity index (χ4n) is 0.717. The van der Waals surface area contributed by atoms with Gasteiger partial charge in [0, 0.05) is 6.54 Å². The van der Waals surface area contributed by atoms with Crippen molar-refractivity contribution in [3.8, 4) is 0 Å². The minimum Gasteiger partial charge on any atom is -0.391 e. The lowest BCUT2D eigenvalue weighted by Gasteiger charge is -2.30. The standard InChI is InChI=1S/C6H15NO6/c7-1-3(9)4(10)5(11)6(12,13)2-8/h3-5,8-13H,1-2,7H2/t3-,4+,5-/m0/s1. The second-order valence-corrected chi connectivity index (χ2v) is 2.78. The van der Waals surface area contributed by atoms with Crippen molar-refractivity contribution in [2.45, 2.75) is 24.1 Å². The summed E-state index contributed by atoms with van der Waals surface area (Å²) >= 11 is 0. The van der Waals surface area contributed by atoms with Gasteiger partial charge in [0.05, 0.1) is 12.7 Å². The van der Waals surface area contributed by atoms with Crippen LogP contribution in [0.4, 0.5) is 0 Å². The van der Waals surface area contributed by atoms with Gasteiger partial charge in [0.15, 0.2) is 0 Å². The van der Waals surface area contributed by atoms with Crippen LogP contribution >= 0.6 is 0 Å². The molecule has 0 radical (unpaired) electrons. The number of hydrogen-bond acceptors (Lipinski definition) is 7. The summed E-state index contributed by atoms with van der Waals surface area (Å²) in [6.45, 7) is -1.51. The summed E-state index contributed by atoms with van der Waals surface area (Å²) in [6.07, 6.45) is -5.40. The number of hydrogen-bond donors (Lipinski definition) is 7. The summed E-state index contributed by atoms with van der Waals surface area (Å²) in [7, 11) is 0. The van der Waals surface area contributed by atoms with E-state index in [1.54, 1.807) is 0 Å². The first-order valence-corrected chi connectivity index (χ1v) is 3.66. The minimum atomic E-state index is -2.85. The molecule has 0 aromatic heterocycles. The molecule has 0 heterocycles. The highest BCUT2D eigenvalue weighted by Gasteiger charge is 2.40. The van der Waals surface area contributed by atoms with Crippen molar-refractivity contribution in [1.82, 2.24) is 0 Å². The predicted octanol–water partition coefficient (Wildman–Crippen LogP) is -4.30. The first kappa shape index (κ1) is 12.7. The van der Waals surface area contributed by atoms with E-state index in [0.29, 0.717) is 0 Å². The maximum absolute atomic E-state index is 9.04. The molecule has 80 valence electrons. The first-order chi connectivity index (χ1) is 5.86. The average Bonchev–Trinajstić information content (AvgIpc) is 2.14. The van der Waals surface area contributed by atoms with Gasteiger partial charge in [-0.2, -0.15) is 0 Å². The lowest BCUT2D eigenvalue weighted by Crippen LogP contribution is -2.56. The van der Waals surface area contributed by atoms with Crippen molar-refractivity contribution < 1.29 is 30.6 Å². The molecule has 0 aliphatic rings. The van der Waals surface area contributed by atoms with Gasteiger partial charge in [0.1, 0.15) is 12.2 Å². The molecule has 13 heavy (non-hydrogen) atoms. The Bertz CT molecular complexity index is 152. The number of aliphatic hydroxyl groups excluding tert-OH is 4. The van der Waals surface area contributed by atoms with Crippen molar-refractivity contribution in [3.05, 3.63) is 0 Å². The summed E-state index contributed by atoms with van der Waals surface area (Å²) in [5, 5.41) is 53.1. The summed E-state index contributed by atoms with van der Waals surface area (Å²) in [5.41, 5.74) is 4.95. The van der Waals surface area contributed by atoms with E-state index in [1.807, 2.05) is 0 Å². The Balaban J connectivity index is 4.32. The van der Waals surface area contributed by atoms with Crippen molar-refractivity contribution in [2.24, 2.45) is 5.73 Å². The summed E-state index contributed by atoms with van der Waals surface area (Å²) in [5.74, 6) is -2.85. The second-order valence-electron chi connectivity index (χ2n) is 2.78. The van der Waals surface area contributed by atoms with E-state index in [0.717, 1.165) is 0 Å². The van der Waals surface area contributed by atoms with E-state index in [4.69, 9.17) is 36.4 Å². The third kappa shape index (κ3) is 3.16. The minimum absolute atomic E-state index is 0.347. The molecule has 0 bridgehead atoms. The molecular weight excluding hydrogens is 182 g/mol. The molecule has 7 heteroatoms. The molecule has 3 atom stereocenters. The maximum atomic E-state index is 9.04. The number of rotatable bonds is 5. The molecule has 0 rings (SSSR count). The molecule has 0 aliphatic carbocycles. The molecule has 0 saturated heterocycles. The van der Waals surface area contributed by atoms with Crippen molar-refractivity contribution in [1.29, 1.82) is 0 Å². The van der Waals surface area contributed by atoms with Crippen molar-refractivity contribution >= 4 is 0 Å². The fourth-order valence-corrected chi connectivity index (χ4v) is 0.717. The first-order valence-electron chi connectivity index (χ1n) is 3.66. The second kappa shape index (κ2) is 4.82. The molecule has 0 fully saturated rings. The van der Waals surface area contributed by atoms with E-state index in [-0.39, 0.29) is 6.54 Å². The number of nitrogens with two attached hydrogens (primary N) is 1. The Morgan fingerprint density at radius 3 is 1.92 bits per heavy atom. The summed E-state index contributed by atoms with van der Waals surface area (Å²) in [6, 6.07) is 0. The zero-order chi connectivity index (χ0) is 10.6. The van der Waals surface area contributed by atoms with Crippen LogP contribution in [0.3, 0.4) is 0 Å². The predicted molar refractivity (Wildman–Crippen MR) is 41.3 cm³/mol. The van der Waals surface area contributed by atoms with Crippen LogP contribution in [0, 0.1) is 0 Å².